The predicted molar refractivity (Wildman–Crippen MR) is 65.9 cm³/mol. The van der Waals surface area contributed by atoms with Gasteiger partial charge < -0.3 is 20.7 Å². The number of ether oxygens (including phenoxy) is 1. The lowest BCUT2D eigenvalue weighted by Gasteiger charge is -2.09. The highest BCUT2D eigenvalue weighted by Crippen LogP contribution is 1.91. The summed E-state index contributed by atoms with van der Waals surface area (Å²) in [7, 11) is 0. The number of nitrogens with one attached hydrogen (secondary N) is 3. The minimum Gasteiger partial charge on any atom is -0.449 e. The fourth-order valence-electron chi connectivity index (χ4n) is 0.947. The van der Waals surface area contributed by atoms with Crippen molar-refractivity contribution in [1.29, 1.82) is 0 Å². The van der Waals surface area contributed by atoms with Gasteiger partial charge >= 0.3 is 6.09 Å². The normalized spacial score (nSPS) is 9.78. The molecule has 0 bridgehead atoms. The zero-order valence-electron chi connectivity index (χ0n) is 11.0. The van der Waals surface area contributed by atoms with Gasteiger partial charge in [0.15, 0.2) is 0 Å². The molecule has 0 saturated heterocycles. The highest BCUT2D eigenvalue weighted by Gasteiger charge is 2.08. The summed E-state index contributed by atoms with van der Waals surface area (Å²) < 4.78 is 4.81. The van der Waals surface area contributed by atoms with Crippen molar-refractivity contribution in [3.05, 3.63) is 0 Å². The van der Waals surface area contributed by atoms with Crippen LogP contribution in [0.2, 0.25) is 0 Å². The molecule has 0 unspecified atom stereocenters. The molecule has 0 aromatic rings. The van der Waals surface area contributed by atoms with Crippen LogP contribution in [-0.2, 0) is 14.3 Å². The third-order valence-corrected chi connectivity index (χ3v) is 1.76. The summed E-state index contributed by atoms with van der Waals surface area (Å²) in [5.41, 5.74) is 0. The van der Waals surface area contributed by atoms with Gasteiger partial charge in [0.25, 0.3) is 0 Å². The van der Waals surface area contributed by atoms with Gasteiger partial charge in [-0.1, -0.05) is 13.8 Å². The van der Waals surface area contributed by atoms with Gasteiger partial charge in [0, 0.05) is 6.54 Å². The van der Waals surface area contributed by atoms with Crippen LogP contribution in [0.5, 0.6) is 0 Å². The van der Waals surface area contributed by atoms with Crippen molar-refractivity contribution in [2.75, 3.05) is 26.2 Å². The van der Waals surface area contributed by atoms with E-state index < -0.39 is 12.0 Å². The second kappa shape index (κ2) is 9.26. The van der Waals surface area contributed by atoms with Crippen LogP contribution >= 0.6 is 0 Å². The summed E-state index contributed by atoms with van der Waals surface area (Å²) in [6.07, 6.45) is -0.642. The van der Waals surface area contributed by atoms with Gasteiger partial charge in [-0.05, 0) is 12.8 Å². The molecule has 0 atom stereocenters. The molecule has 0 fully saturated rings. The first kappa shape index (κ1) is 16.2. The summed E-state index contributed by atoms with van der Waals surface area (Å²) in [6.45, 7) is 6.09. The van der Waals surface area contributed by atoms with Gasteiger partial charge in [-0.15, -0.1) is 0 Å². The van der Waals surface area contributed by atoms with Gasteiger partial charge in [-0.2, -0.15) is 0 Å². The number of carbonyl (C=O) groups is 3. The summed E-state index contributed by atoms with van der Waals surface area (Å²) in [6, 6.07) is 0. The van der Waals surface area contributed by atoms with Crippen LogP contribution in [-0.4, -0.2) is 44.1 Å². The van der Waals surface area contributed by atoms with E-state index in [2.05, 4.69) is 16.0 Å². The third kappa shape index (κ3) is 9.44. The Morgan fingerprint density at radius 2 is 1.56 bits per heavy atom. The van der Waals surface area contributed by atoms with Crippen LogP contribution in [0.4, 0.5) is 4.79 Å². The number of hydrogen-bond donors (Lipinski definition) is 3. The Morgan fingerprint density at radius 3 is 2.11 bits per heavy atom. The minimum absolute atomic E-state index is 0.102. The summed E-state index contributed by atoms with van der Waals surface area (Å²) in [5, 5.41) is 7.19. The number of hydrogen-bond acceptors (Lipinski definition) is 4. The quantitative estimate of drug-likeness (QED) is 0.580. The lowest BCUT2D eigenvalue weighted by atomic mass is 10.2. The Bertz CT molecular complexity index is 292. The second-order valence-electron chi connectivity index (χ2n) is 4.08. The fraction of sp³-hybridized carbons (Fsp3) is 0.727. The van der Waals surface area contributed by atoms with E-state index in [4.69, 9.17) is 4.74 Å². The standard InChI is InChI=1S/C11H21N3O4/c1-4-12-9(15)5-13-10(16)6-14-11(17)18-7-8(2)3/h8H,4-7H2,1-3H3,(H,12,15)(H,13,16)(H,14,17). The Kier molecular flexibility index (Phi) is 8.34. The molecule has 3 N–H and O–H groups in total. The van der Waals surface area contributed by atoms with Crippen LogP contribution in [0.15, 0.2) is 0 Å². The molecule has 0 aromatic carbocycles. The number of carbonyl (C=O) groups excluding carboxylic acids is 3. The van der Waals surface area contributed by atoms with Crippen LogP contribution in [0.3, 0.4) is 0 Å². The molecule has 0 aliphatic carbocycles. The van der Waals surface area contributed by atoms with Gasteiger partial charge in [0.05, 0.1) is 13.2 Å². The number of rotatable bonds is 7. The smallest absolute Gasteiger partial charge is 0.407 e. The Hall–Kier alpha value is -1.79. The van der Waals surface area contributed by atoms with E-state index in [0.717, 1.165) is 0 Å². The van der Waals surface area contributed by atoms with E-state index in [1.165, 1.54) is 0 Å². The van der Waals surface area contributed by atoms with Crippen molar-refractivity contribution in [3.63, 3.8) is 0 Å². The van der Waals surface area contributed by atoms with E-state index >= 15 is 0 Å². The van der Waals surface area contributed by atoms with E-state index in [-0.39, 0.29) is 24.9 Å². The molecule has 7 nitrogen and oxygen atoms in total. The number of amides is 3. The van der Waals surface area contributed by atoms with E-state index in [1.54, 1.807) is 6.92 Å². The highest BCUT2D eigenvalue weighted by atomic mass is 16.5. The maximum atomic E-state index is 11.2. The first-order valence-electron chi connectivity index (χ1n) is 5.89. The maximum Gasteiger partial charge on any atom is 0.407 e. The van der Waals surface area contributed by atoms with Gasteiger partial charge in [0.2, 0.25) is 11.8 Å². The Morgan fingerprint density at radius 1 is 1.00 bits per heavy atom. The average molecular weight is 259 g/mol. The maximum absolute atomic E-state index is 11.2. The van der Waals surface area contributed by atoms with Gasteiger partial charge in [-0.25, -0.2) is 4.79 Å². The Labute approximate surface area is 107 Å². The largest absolute Gasteiger partial charge is 0.449 e. The first-order chi connectivity index (χ1) is 8.45. The van der Waals surface area contributed by atoms with Crippen molar-refractivity contribution in [2.45, 2.75) is 20.8 Å². The summed E-state index contributed by atoms with van der Waals surface area (Å²) in [4.78, 5) is 33.4. The molecule has 104 valence electrons. The van der Waals surface area contributed by atoms with Crippen molar-refractivity contribution in [2.24, 2.45) is 5.92 Å². The monoisotopic (exact) mass is 259 g/mol. The van der Waals surface area contributed by atoms with E-state index in [0.29, 0.717) is 13.2 Å². The molecule has 0 aliphatic heterocycles. The van der Waals surface area contributed by atoms with Gasteiger partial charge in [-0.3, -0.25) is 9.59 Å². The van der Waals surface area contributed by atoms with Gasteiger partial charge in [0.1, 0.15) is 6.54 Å². The van der Waals surface area contributed by atoms with Crippen LogP contribution < -0.4 is 16.0 Å². The molecule has 0 spiro atoms. The van der Waals surface area contributed by atoms with Crippen molar-refractivity contribution in [3.8, 4) is 0 Å². The zero-order chi connectivity index (χ0) is 14.0. The average Bonchev–Trinajstić information content (AvgIpc) is 2.31. The predicted octanol–water partition coefficient (Wildman–Crippen LogP) is -0.379. The van der Waals surface area contributed by atoms with Crippen LogP contribution in [0.1, 0.15) is 20.8 Å². The van der Waals surface area contributed by atoms with Crippen molar-refractivity contribution in [1.82, 2.24) is 16.0 Å². The molecule has 0 saturated carbocycles. The number of alkyl carbamates (subject to hydrolysis) is 1. The van der Waals surface area contributed by atoms with Crippen molar-refractivity contribution < 1.29 is 19.1 Å². The second-order valence-corrected chi connectivity index (χ2v) is 4.08. The van der Waals surface area contributed by atoms with E-state index in [9.17, 15) is 14.4 Å². The summed E-state index contributed by atoms with van der Waals surface area (Å²) >= 11 is 0. The molecule has 0 radical (unpaired) electrons. The van der Waals surface area contributed by atoms with Crippen LogP contribution in [0, 0.1) is 5.92 Å². The molecule has 0 aromatic heterocycles. The molecule has 0 aliphatic rings. The molecule has 0 heterocycles. The highest BCUT2D eigenvalue weighted by molar-refractivity contribution is 5.87. The lowest BCUT2D eigenvalue weighted by molar-refractivity contribution is -0.125. The molecule has 7 heteroatoms. The third-order valence-electron chi connectivity index (χ3n) is 1.76. The lowest BCUT2D eigenvalue weighted by Crippen LogP contribution is -2.42. The molecule has 0 rings (SSSR count). The SMILES string of the molecule is CCNC(=O)CNC(=O)CNC(=O)OCC(C)C. The zero-order valence-corrected chi connectivity index (χ0v) is 11.0. The first-order valence-corrected chi connectivity index (χ1v) is 5.89. The van der Waals surface area contributed by atoms with E-state index in [1.807, 2.05) is 13.8 Å². The summed E-state index contributed by atoms with van der Waals surface area (Å²) in [5.74, 6) is -0.474. The fourth-order valence-corrected chi connectivity index (χ4v) is 0.947. The topological polar surface area (TPSA) is 96.5 Å². The molecular formula is C11H21N3O4. The molecule has 18 heavy (non-hydrogen) atoms. The minimum atomic E-state index is -0.642. The number of likely N-dealkylation sites (N-methyl/N-ethyl adjacent to an activating group) is 1. The molecular weight excluding hydrogens is 238 g/mol. The van der Waals surface area contributed by atoms with Crippen molar-refractivity contribution >= 4 is 17.9 Å². The Balaban J connectivity index is 3.64. The van der Waals surface area contributed by atoms with Crippen LogP contribution in [0.25, 0.3) is 0 Å². The molecule has 3 amide bonds.